The highest BCUT2D eigenvalue weighted by Gasteiger charge is 2.31. The smallest absolute Gasteiger partial charge is 0.198 e. The van der Waals surface area contributed by atoms with Crippen molar-refractivity contribution in [2.45, 2.75) is 31.1 Å². The Labute approximate surface area is 177 Å². The summed E-state index contributed by atoms with van der Waals surface area (Å²) in [6, 6.07) is 29.1. The summed E-state index contributed by atoms with van der Waals surface area (Å²) >= 11 is 0. The molecule has 0 radical (unpaired) electrons. The highest BCUT2D eigenvalue weighted by molar-refractivity contribution is 5.76. The van der Waals surface area contributed by atoms with Gasteiger partial charge in [0.25, 0.3) is 0 Å². The SMILES string of the molecule is COc1cccc(C2CCC(c3nc(-c4ccccc4)c(-c4ccccc4)o3)C2)c1. The lowest BCUT2D eigenvalue weighted by atomic mass is 9.96. The summed E-state index contributed by atoms with van der Waals surface area (Å²) in [7, 11) is 1.72. The minimum absolute atomic E-state index is 0.334. The third-order valence-electron chi connectivity index (χ3n) is 6.07. The van der Waals surface area contributed by atoms with Crippen LogP contribution in [0.1, 0.15) is 42.6 Å². The molecule has 5 rings (SSSR count). The van der Waals surface area contributed by atoms with Gasteiger partial charge in [-0.2, -0.15) is 0 Å². The van der Waals surface area contributed by atoms with Crippen LogP contribution in [0.3, 0.4) is 0 Å². The van der Waals surface area contributed by atoms with Crippen LogP contribution in [0, 0.1) is 0 Å². The van der Waals surface area contributed by atoms with E-state index in [2.05, 4.69) is 42.5 Å². The van der Waals surface area contributed by atoms with E-state index in [0.717, 1.165) is 53.5 Å². The number of nitrogens with zero attached hydrogens (tertiary/aromatic N) is 1. The van der Waals surface area contributed by atoms with Crippen LogP contribution in [-0.4, -0.2) is 12.1 Å². The predicted octanol–water partition coefficient (Wildman–Crippen LogP) is 7.07. The van der Waals surface area contributed by atoms with Crippen molar-refractivity contribution in [1.29, 1.82) is 0 Å². The third kappa shape index (κ3) is 3.63. The van der Waals surface area contributed by atoms with Crippen molar-refractivity contribution in [2.24, 2.45) is 0 Å². The number of oxazole rings is 1. The first-order valence-electron chi connectivity index (χ1n) is 10.6. The van der Waals surface area contributed by atoms with Crippen LogP contribution < -0.4 is 4.74 Å². The monoisotopic (exact) mass is 395 g/mol. The van der Waals surface area contributed by atoms with Gasteiger partial charge in [0.05, 0.1) is 7.11 Å². The lowest BCUT2D eigenvalue weighted by Gasteiger charge is -2.11. The molecule has 2 atom stereocenters. The molecule has 1 fully saturated rings. The molecule has 0 amide bonds. The summed E-state index contributed by atoms with van der Waals surface area (Å²) < 4.78 is 11.8. The number of benzene rings is 3. The number of aromatic nitrogens is 1. The molecular formula is C27H25NO2. The number of hydrogen-bond acceptors (Lipinski definition) is 3. The number of hydrogen-bond donors (Lipinski definition) is 0. The average molecular weight is 396 g/mol. The van der Waals surface area contributed by atoms with Gasteiger partial charge >= 0.3 is 0 Å². The van der Waals surface area contributed by atoms with Crippen molar-refractivity contribution in [3.05, 3.63) is 96.4 Å². The quantitative estimate of drug-likeness (QED) is 0.362. The summed E-state index contributed by atoms with van der Waals surface area (Å²) in [5, 5.41) is 0. The molecular weight excluding hydrogens is 370 g/mol. The summed E-state index contributed by atoms with van der Waals surface area (Å²) in [6.45, 7) is 0. The molecule has 3 heteroatoms. The van der Waals surface area contributed by atoms with Crippen LogP contribution in [0.2, 0.25) is 0 Å². The van der Waals surface area contributed by atoms with Gasteiger partial charge in [-0.25, -0.2) is 4.98 Å². The highest BCUT2D eigenvalue weighted by Crippen LogP contribution is 2.45. The van der Waals surface area contributed by atoms with Crippen LogP contribution in [0.15, 0.2) is 89.3 Å². The van der Waals surface area contributed by atoms with E-state index in [4.69, 9.17) is 14.1 Å². The van der Waals surface area contributed by atoms with Gasteiger partial charge in [-0.05, 0) is 42.9 Å². The van der Waals surface area contributed by atoms with Gasteiger partial charge in [0, 0.05) is 17.0 Å². The van der Waals surface area contributed by atoms with Crippen LogP contribution >= 0.6 is 0 Å². The van der Waals surface area contributed by atoms with E-state index in [1.165, 1.54) is 5.56 Å². The fourth-order valence-corrected chi connectivity index (χ4v) is 4.49. The highest BCUT2D eigenvalue weighted by atomic mass is 16.5. The van der Waals surface area contributed by atoms with E-state index in [-0.39, 0.29) is 0 Å². The first-order chi connectivity index (χ1) is 14.8. The second-order valence-corrected chi connectivity index (χ2v) is 7.95. The van der Waals surface area contributed by atoms with E-state index >= 15 is 0 Å². The second kappa shape index (κ2) is 8.19. The molecule has 0 N–H and O–H groups in total. The number of ether oxygens (including phenoxy) is 1. The molecule has 1 saturated carbocycles. The summed E-state index contributed by atoms with van der Waals surface area (Å²) in [5.41, 5.74) is 4.43. The summed E-state index contributed by atoms with van der Waals surface area (Å²) in [4.78, 5) is 5.01. The third-order valence-corrected chi connectivity index (χ3v) is 6.07. The Morgan fingerprint density at radius 2 is 1.50 bits per heavy atom. The standard InChI is InChI=1S/C27H25NO2/c1-29-24-14-8-13-21(18-24)22-15-16-23(17-22)27-28-25(19-9-4-2-5-10-19)26(30-27)20-11-6-3-7-12-20/h2-14,18,22-23H,15-17H2,1H3. The molecule has 150 valence electrons. The van der Waals surface area contributed by atoms with Crippen LogP contribution in [0.5, 0.6) is 5.75 Å². The zero-order valence-corrected chi connectivity index (χ0v) is 17.1. The Morgan fingerprint density at radius 1 is 0.800 bits per heavy atom. The van der Waals surface area contributed by atoms with Crippen molar-refractivity contribution < 1.29 is 9.15 Å². The molecule has 1 heterocycles. The van der Waals surface area contributed by atoms with Gasteiger partial charge in [-0.1, -0.05) is 72.8 Å². The van der Waals surface area contributed by atoms with Crippen LogP contribution in [0.4, 0.5) is 0 Å². The molecule has 3 aromatic carbocycles. The van der Waals surface area contributed by atoms with E-state index in [1.54, 1.807) is 7.11 Å². The van der Waals surface area contributed by atoms with Crippen molar-refractivity contribution in [2.75, 3.05) is 7.11 Å². The van der Waals surface area contributed by atoms with Crippen molar-refractivity contribution >= 4 is 0 Å². The largest absolute Gasteiger partial charge is 0.497 e. The zero-order valence-electron chi connectivity index (χ0n) is 17.1. The van der Waals surface area contributed by atoms with Gasteiger partial charge in [0.15, 0.2) is 11.7 Å². The Balaban J connectivity index is 1.47. The molecule has 1 aliphatic rings. The summed E-state index contributed by atoms with van der Waals surface area (Å²) in [5.74, 6) is 3.49. The van der Waals surface area contributed by atoms with Crippen LogP contribution in [0.25, 0.3) is 22.6 Å². The molecule has 0 saturated heterocycles. The lowest BCUT2D eigenvalue weighted by molar-refractivity contribution is 0.413. The zero-order chi connectivity index (χ0) is 20.3. The maximum atomic E-state index is 6.43. The van der Waals surface area contributed by atoms with Crippen LogP contribution in [-0.2, 0) is 0 Å². The normalized spacial score (nSPS) is 18.4. The molecule has 0 spiro atoms. The molecule has 0 aliphatic heterocycles. The Bertz CT molecular complexity index is 1060. The topological polar surface area (TPSA) is 35.3 Å². The molecule has 0 bridgehead atoms. The van der Waals surface area contributed by atoms with Gasteiger partial charge in [0.2, 0.25) is 0 Å². The van der Waals surface area contributed by atoms with Gasteiger partial charge < -0.3 is 9.15 Å². The first-order valence-corrected chi connectivity index (χ1v) is 10.6. The average Bonchev–Trinajstić information content (AvgIpc) is 3.48. The van der Waals surface area contributed by atoms with Gasteiger partial charge in [-0.3, -0.25) is 0 Å². The minimum atomic E-state index is 0.334. The van der Waals surface area contributed by atoms with E-state index in [9.17, 15) is 0 Å². The molecule has 3 nitrogen and oxygen atoms in total. The molecule has 1 aromatic heterocycles. The fraction of sp³-hybridized carbons (Fsp3) is 0.222. The predicted molar refractivity (Wildman–Crippen MR) is 120 cm³/mol. The molecule has 4 aromatic rings. The van der Waals surface area contributed by atoms with Crippen molar-refractivity contribution in [3.8, 4) is 28.3 Å². The van der Waals surface area contributed by atoms with Crippen molar-refractivity contribution in [1.82, 2.24) is 4.98 Å². The van der Waals surface area contributed by atoms with E-state index in [1.807, 2.05) is 42.5 Å². The molecule has 30 heavy (non-hydrogen) atoms. The number of methoxy groups -OCH3 is 1. The number of rotatable bonds is 5. The first kappa shape index (κ1) is 18.7. The molecule has 1 aliphatic carbocycles. The fourth-order valence-electron chi connectivity index (χ4n) is 4.49. The maximum Gasteiger partial charge on any atom is 0.198 e. The minimum Gasteiger partial charge on any atom is -0.497 e. The molecule has 2 unspecified atom stereocenters. The Hall–Kier alpha value is -3.33. The summed E-state index contributed by atoms with van der Waals surface area (Å²) in [6.07, 6.45) is 3.28. The van der Waals surface area contributed by atoms with Crippen molar-refractivity contribution in [3.63, 3.8) is 0 Å². The Morgan fingerprint density at radius 3 is 2.23 bits per heavy atom. The van der Waals surface area contributed by atoms with Gasteiger partial charge in [-0.15, -0.1) is 0 Å². The Kier molecular flexibility index (Phi) is 5.10. The van der Waals surface area contributed by atoms with E-state index in [0.29, 0.717) is 11.8 Å². The second-order valence-electron chi connectivity index (χ2n) is 7.95. The van der Waals surface area contributed by atoms with Gasteiger partial charge in [0.1, 0.15) is 11.4 Å². The van der Waals surface area contributed by atoms with E-state index < -0.39 is 0 Å². The maximum absolute atomic E-state index is 6.43. The lowest BCUT2D eigenvalue weighted by Crippen LogP contribution is -1.96.